The Morgan fingerprint density at radius 3 is 2.13 bits per heavy atom. The molecule has 4 heteroatoms. The van der Waals surface area contributed by atoms with Crippen molar-refractivity contribution < 1.29 is 8.78 Å². The van der Waals surface area contributed by atoms with Crippen LogP contribution in [0.3, 0.4) is 0 Å². The minimum absolute atomic E-state index is 0.0214. The first-order valence-electron chi connectivity index (χ1n) is 4.81. The van der Waals surface area contributed by atoms with Crippen LogP contribution in [-0.2, 0) is 0 Å². The lowest BCUT2D eigenvalue weighted by Gasteiger charge is -2.16. The highest BCUT2D eigenvalue weighted by Crippen LogP contribution is 2.27. The molecule has 0 heterocycles. The first kappa shape index (κ1) is 12.6. The van der Waals surface area contributed by atoms with Crippen molar-refractivity contribution in [1.29, 1.82) is 0 Å². The highest BCUT2D eigenvalue weighted by molar-refractivity contribution is 9.10. The van der Waals surface area contributed by atoms with Crippen molar-refractivity contribution in [3.05, 3.63) is 33.8 Å². The molecule has 1 unspecified atom stereocenters. The van der Waals surface area contributed by atoms with Gasteiger partial charge in [-0.05, 0) is 24.5 Å². The molecule has 15 heavy (non-hydrogen) atoms. The minimum Gasteiger partial charge on any atom is -0.324 e. The molecule has 1 aromatic rings. The van der Waals surface area contributed by atoms with E-state index in [4.69, 9.17) is 5.73 Å². The average Bonchev–Trinajstić information content (AvgIpc) is 1.99. The van der Waals surface area contributed by atoms with Gasteiger partial charge < -0.3 is 5.73 Å². The SMILES string of the molecule is CC(C)CC(N)c1c(F)cc(Br)cc1F. The predicted molar refractivity (Wildman–Crippen MR) is 60.4 cm³/mol. The molecule has 0 spiro atoms. The highest BCUT2D eigenvalue weighted by Gasteiger charge is 2.18. The molecule has 0 aliphatic carbocycles. The zero-order valence-electron chi connectivity index (χ0n) is 8.73. The maximum absolute atomic E-state index is 13.5. The molecule has 1 atom stereocenters. The van der Waals surface area contributed by atoms with Crippen molar-refractivity contribution in [3.63, 3.8) is 0 Å². The fraction of sp³-hybridized carbons (Fsp3) is 0.455. The second kappa shape index (κ2) is 5.03. The second-order valence-corrected chi connectivity index (χ2v) is 4.93. The van der Waals surface area contributed by atoms with Gasteiger partial charge in [0.2, 0.25) is 0 Å². The van der Waals surface area contributed by atoms with Gasteiger partial charge in [-0.15, -0.1) is 0 Å². The Kier molecular flexibility index (Phi) is 4.22. The molecule has 0 aromatic heterocycles. The smallest absolute Gasteiger partial charge is 0.132 e. The third-order valence-corrected chi connectivity index (χ3v) is 2.60. The third-order valence-electron chi connectivity index (χ3n) is 2.14. The van der Waals surface area contributed by atoms with Crippen LogP contribution in [0.4, 0.5) is 8.78 Å². The van der Waals surface area contributed by atoms with Crippen molar-refractivity contribution in [3.8, 4) is 0 Å². The Labute approximate surface area is 96.8 Å². The van der Waals surface area contributed by atoms with E-state index in [9.17, 15) is 8.78 Å². The van der Waals surface area contributed by atoms with E-state index in [1.165, 1.54) is 12.1 Å². The molecule has 0 amide bonds. The third kappa shape index (κ3) is 3.24. The summed E-state index contributed by atoms with van der Waals surface area (Å²) in [6, 6.07) is 1.88. The van der Waals surface area contributed by atoms with E-state index in [0.717, 1.165) is 0 Å². The molecule has 0 radical (unpaired) electrons. The van der Waals surface area contributed by atoms with Crippen LogP contribution in [0.15, 0.2) is 16.6 Å². The van der Waals surface area contributed by atoms with Gasteiger partial charge in [0, 0.05) is 16.1 Å². The van der Waals surface area contributed by atoms with Crippen molar-refractivity contribution in [1.82, 2.24) is 0 Å². The first-order chi connectivity index (χ1) is 6.91. The lowest BCUT2D eigenvalue weighted by Crippen LogP contribution is -2.16. The van der Waals surface area contributed by atoms with E-state index in [1.807, 2.05) is 13.8 Å². The maximum atomic E-state index is 13.5. The topological polar surface area (TPSA) is 26.0 Å². The Morgan fingerprint density at radius 2 is 1.73 bits per heavy atom. The van der Waals surface area contributed by atoms with E-state index in [1.54, 1.807) is 0 Å². The monoisotopic (exact) mass is 277 g/mol. The van der Waals surface area contributed by atoms with Crippen LogP contribution in [0.25, 0.3) is 0 Å². The summed E-state index contributed by atoms with van der Waals surface area (Å²) in [6.07, 6.45) is 0.565. The molecule has 1 aromatic carbocycles. The van der Waals surface area contributed by atoms with Gasteiger partial charge in [0.1, 0.15) is 11.6 Å². The molecule has 84 valence electrons. The average molecular weight is 278 g/mol. The fourth-order valence-corrected chi connectivity index (χ4v) is 1.94. The molecular weight excluding hydrogens is 264 g/mol. The summed E-state index contributed by atoms with van der Waals surface area (Å²) in [5, 5.41) is 0. The van der Waals surface area contributed by atoms with Gasteiger partial charge in [-0.2, -0.15) is 0 Å². The Morgan fingerprint density at radius 1 is 1.27 bits per heavy atom. The van der Waals surface area contributed by atoms with Gasteiger partial charge in [-0.25, -0.2) is 8.78 Å². The highest BCUT2D eigenvalue weighted by atomic mass is 79.9. The molecular formula is C11H14BrF2N. The summed E-state index contributed by atoms with van der Waals surface area (Å²) >= 11 is 3.03. The standard InChI is InChI=1S/C11H14BrF2N/c1-6(2)3-10(15)11-8(13)4-7(12)5-9(11)14/h4-6,10H,3,15H2,1-2H3. The van der Waals surface area contributed by atoms with E-state index < -0.39 is 17.7 Å². The molecule has 0 aliphatic heterocycles. The van der Waals surface area contributed by atoms with E-state index in [-0.39, 0.29) is 5.56 Å². The van der Waals surface area contributed by atoms with Gasteiger partial charge in [0.05, 0.1) is 0 Å². The number of halogens is 3. The molecule has 0 saturated heterocycles. The van der Waals surface area contributed by atoms with Crippen molar-refractivity contribution in [2.45, 2.75) is 26.3 Å². The molecule has 0 bridgehead atoms. The second-order valence-electron chi connectivity index (χ2n) is 4.02. The summed E-state index contributed by atoms with van der Waals surface area (Å²) in [4.78, 5) is 0. The summed E-state index contributed by atoms with van der Waals surface area (Å²) in [7, 11) is 0. The zero-order valence-corrected chi connectivity index (χ0v) is 10.3. The predicted octanol–water partition coefficient (Wildman–Crippen LogP) is 3.77. The number of hydrogen-bond donors (Lipinski definition) is 1. The van der Waals surface area contributed by atoms with Crippen LogP contribution in [0.2, 0.25) is 0 Å². The lowest BCUT2D eigenvalue weighted by atomic mass is 9.97. The summed E-state index contributed by atoms with van der Waals surface area (Å²) in [5.74, 6) is -0.868. The normalized spacial score (nSPS) is 13.3. The van der Waals surface area contributed by atoms with Crippen LogP contribution in [0.5, 0.6) is 0 Å². The summed E-state index contributed by atoms with van der Waals surface area (Å²) in [6.45, 7) is 3.93. The Hall–Kier alpha value is -0.480. The van der Waals surface area contributed by atoms with Crippen LogP contribution in [0.1, 0.15) is 31.9 Å². The molecule has 0 fully saturated rings. The number of nitrogens with two attached hydrogens (primary N) is 1. The summed E-state index contributed by atoms with van der Waals surface area (Å²) < 4.78 is 27.3. The van der Waals surface area contributed by atoms with E-state index in [2.05, 4.69) is 15.9 Å². The Bertz CT molecular complexity index is 329. The van der Waals surface area contributed by atoms with E-state index >= 15 is 0 Å². The van der Waals surface area contributed by atoms with Crippen LogP contribution >= 0.6 is 15.9 Å². The van der Waals surface area contributed by atoms with Gasteiger partial charge >= 0.3 is 0 Å². The number of rotatable bonds is 3. The molecule has 0 saturated carbocycles. The molecule has 0 aliphatic rings. The maximum Gasteiger partial charge on any atom is 0.132 e. The molecule has 2 N–H and O–H groups in total. The van der Waals surface area contributed by atoms with Gasteiger partial charge in [-0.3, -0.25) is 0 Å². The van der Waals surface area contributed by atoms with Gasteiger partial charge in [0.15, 0.2) is 0 Å². The van der Waals surface area contributed by atoms with Crippen LogP contribution in [-0.4, -0.2) is 0 Å². The first-order valence-corrected chi connectivity index (χ1v) is 5.61. The fourth-order valence-electron chi connectivity index (χ4n) is 1.53. The van der Waals surface area contributed by atoms with Crippen LogP contribution < -0.4 is 5.73 Å². The molecule has 1 rings (SSSR count). The quantitative estimate of drug-likeness (QED) is 0.894. The lowest BCUT2D eigenvalue weighted by molar-refractivity contribution is 0.463. The Balaban J connectivity index is 3.03. The number of hydrogen-bond acceptors (Lipinski definition) is 1. The van der Waals surface area contributed by atoms with Crippen molar-refractivity contribution >= 4 is 15.9 Å². The summed E-state index contributed by atoms with van der Waals surface area (Å²) in [5.41, 5.74) is 5.73. The number of benzene rings is 1. The largest absolute Gasteiger partial charge is 0.324 e. The van der Waals surface area contributed by atoms with Gasteiger partial charge in [0.25, 0.3) is 0 Å². The zero-order chi connectivity index (χ0) is 11.6. The van der Waals surface area contributed by atoms with Crippen molar-refractivity contribution in [2.24, 2.45) is 11.7 Å². The van der Waals surface area contributed by atoms with Crippen LogP contribution in [0, 0.1) is 17.6 Å². The van der Waals surface area contributed by atoms with Crippen molar-refractivity contribution in [2.75, 3.05) is 0 Å². The van der Waals surface area contributed by atoms with E-state index in [0.29, 0.717) is 16.8 Å². The molecule has 1 nitrogen and oxygen atoms in total. The van der Waals surface area contributed by atoms with Gasteiger partial charge in [-0.1, -0.05) is 29.8 Å². The minimum atomic E-state index is -0.588.